The van der Waals surface area contributed by atoms with Crippen molar-refractivity contribution in [1.82, 2.24) is 0 Å². The van der Waals surface area contributed by atoms with Crippen LogP contribution < -0.4 is 10.1 Å². The second-order valence-corrected chi connectivity index (χ2v) is 5.96. The third kappa shape index (κ3) is 4.01. The topological polar surface area (TPSA) is 38.3 Å². The third-order valence-electron chi connectivity index (χ3n) is 3.41. The molecule has 0 fully saturated rings. The molecule has 1 N–H and O–H groups in total. The van der Waals surface area contributed by atoms with Crippen LogP contribution in [0.15, 0.2) is 30.3 Å². The Bertz CT molecular complexity index is 687. The average Bonchev–Trinajstić information content (AvgIpc) is 2.40. The zero-order valence-electron chi connectivity index (χ0n) is 13.3. The van der Waals surface area contributed by atoms with Gasteiger partial charge in [0.05, 0.1) is 0 Å². The van der Waals surface area contributed by atoms with Gasteiger partial charge in [-0.25, -0.2) is 0 Å². The summed E-state index contributed by atoms with van der Waals surface area (Å²) in [6.45, 7) is 7.89. The van der Waals surface area contributed by atoms with Gasteiger partial charge in [-0.1, -0.05) is 29.3 Å². The molecule has 0 radical (unpaired) electrons. The van der Waals surface area contributed by atoms with E-state index < -0.39 is 0 Å². The van der Waals surface area contributed by atoms with Crippen molar-refractivity contribution in [2.24, 2.45) is 0 Å². The lowest BCUT2D eigenvalue weighted by Gasteiger charge is -2.14. The zero-order valence-corrected chi connectivity index (χ0v) is 14.0. The predicted octanol–water partition coefficient (Wildman–Crippen LogP) is 4.59. The van der Waals surface area contributed by atoms with Crippen molar-refractivity contribution in [2.75, 3.05) is 11.9 Å². The summed E-state index contributed by atoms with van der Waals surface area (Å²) in [6, 6.07) is 9.44. The standard InChI is InChI=1S/C18H20ClNO2/c1-11-7-13(3)18(14(4)8-11)22-10-17(21)20-16-6-5-15(19)9-12(16)2/h5-9H,10H2,1-4H3,(H,20,21). The van der Waals surface area contributed by atoms with E-state index in [1.165, 1.54) is 5.56 Å². The fraction of sp³-hybridized carbons (Fsp3) is 0.278. The van der Waals surface area contributed by atoms with Crippen molar-refractivity contribution < 1.29 is 9.53 Å². The summed E-state index contributed by atoms with van der Waals surface area (Å²) >= 11 is 5.90. The van der Waals surface area contributed by atoms with Crippen LogP contribution in [-0.4, -0.2) is 12.5 Å². The Balaban J connectivity index is 2.02. The number of carbonyl (C=O) groups is 1. The Hall–Kier alpha value is -2.00. The molecule has 116 valence electrons. The van der Waals surface area contributed by atoms with Gasteiger partial charge in [0.15, 0.2) is 6.61 Å². The molecule has 1 amide bonds. The predicted molar refractivity (Wildman–Crippen MR) is 91.0 cm³/mol. The molecule has 2 aromatic carbocycles. The molecule has 0 aromatic heterocycles. The van der Waals surface area contributed by atoms with Crippen molar-refractivity contribution in [1.29, 1.82) is 0 Å². The van der Waals surface area contributed by atoms with E-state index in [-0.39, 0.29) is 12.5 Å². The molecular weight excluding hydrogens is 298 g/mol. The highest BCUT2D eigenvalue weighted by Crippen LogP contribution is 2.24. The van der Waals surface area contributed by atoms with Gasteiger partial charge in [0.2, 0.25) is 0 Å². The summed E-state index contributed by atoms with van der Waals surface area (Å²) in [4.78, 5) is 12.0. The number of benzene rings is 2. The molecule has 22 heavy (non-hydrogen) atoms. The minimum atomic E-state index is -0.190. The monoisotopic (exact) mass is 317 g/mol. The highest BCUT2D eigenvalue weighted by atomic mass is 35.5. The fourth-order valence-corrected chi connectivity index (χ4v) is 2.71. The molecule has 2 rings (SSSR count). The lowest BCUT2D eigenvalue weighted by atomic mass is 10.1. The lowest BCUT2D eigenvalue weighted by molar-refractivity contribution is -0.118. The van der Waals surface area contributed by atoms with Crippen molar-refractivity contribution in [3.05, 3.63) is 57.6 Å². The maximum absolute atomic E-state index is 12.0. The molecule has 0 aliphatic carbocycles. The van der Waals surface area contributed by atoms with Gasteiger partial charge in [-0.15, -0.1) is 0 Å². The number of aryl methyl sites for hydroxylation is 4. The van der Waals surface area contributed by atoms with Crippen molar-refractivity contribution in [3.8, 4) is 5.75 Å². The van der Waals surface area contributed by atoms with Crippen LogP contribution in [-0.2, 0) is 4.79 Å². The van der Waals surface area contributed by atoms with Gasteiger partial charge < -0.3 is 10.1 Å². The van der Waals surface area contributed by atoms with Crippen molar-refractivity contribution in [3.63, 3.8) is 0 Å². The molecule has 0 heterocycles. The first-order valence-corrected chi connectivity index (χ1v) is 7.51. The van der Waals surface area contributed by atoms with Crippen molar-refractivity contribution in [2.45, 2.75) is 27.7 Å². The molecule has 0 atom stereocenters. The molecule has 0 aliphatic heterocycles. The number of hydrogen-bond acceptors (Lipinski definition) is 2. The molecule has 0 aliphatic rings. The molecule has 3 nitrogen and oxygen atoms in total. The molecule has 0 unspecified atom stereocenters. The maximum Gasteiger partial charge on any atom is 0.262 e. The number of halogens is 1. The van der Waals surface area contributed by atoms with E-state index in [9.17, 15) is 4.79 Å². The van der Waals surface area contributed by atoms with Gasteiger partial charge in [0, 0.05) is 10.7 Å². The fourth-order valence-electron chi connectivity index (χ4n) is 2.49. The summed E-state index contributed by atoms with van der Waals surface area (Å²) < 4.78 is 5.68. The average molecular weight is 318 g/mol. The largest absolute Gasteiger partial charge is 0.483 e. The highest BCUT2D eigenvalue weighted by molar-refractivity contribution is 6.30. The third-order valence-corrected chi connectivity index (χ3v) is 3.65. The zero-order chi connectivity index (χ0) is 16.3. The second-order valence-electron chi connectivity index (χ2n) is 5.52. The van der Waals surface area contributed by atoms with Crippen molar-refractivity contribution >= 4 is 23.2 Å². The normalized spacial score (nSPS) is 10.4. The first-order valence-electron chi connectivity index (χ1n) is 7.13. The molecule has 2 aromatic rings. The Morgan fingerprint density at radius 1 is 1.05 bits per heavy atom. The van der Waals surface area contributed by atoms with E-state index in [0.29, 0.717) is 5.02 Å². The smallest absolute Gasteiger partial charge is 0.262 e. The minimum Gasteiger partial charge on any atom is -0.483 e. The molecular formula is C18H20ClNO2. The van der Waals surface area contributed by atoms with E-state index in [4.69, 9.17) is 16.3 Å². The van der Waals surface area contributed by atoms with Gasteiger partial charge in [-0.05, 0) is 62.6 Å². The quantitative estimate of drug-likeness (QED) is 0.895. The number of nitrogens with one attached hydrogen (secondary N) is 1. The SMILES string of the molecule is Cc1cc(C)c(OCC(=O)Nc2ccc(Cl)cc2C)c(C)c1. The number of ether oxygens (including phenoxy) is 1. The van der Waals surface area contributed by atoms with Crippen LogP contribution >= 0.6 is 11.6 Å². The van der Waals surface area contributed by atoms with Crippen LogP contribution in [0, 0.1) is 27.7 Å². The van der Waals surface area contributed by atoms with Gasteiger partial charge in [0.25, 0.3) is 5.91 Å². The lowest BCUT2D eigenvalue weighted by Crippen LogP contribution is -2.21. The Labute approximate surface area is 136 Å². The molecule has 0 bridgehead atoms. The van der Waals surface area contributed by atoms with Crippen LogP contribution in [0.4, 0.5) is 5.69 Å². The number of rotatable bonds is 4. The first-order chi connectivity index (χ1) is 10.4. The van der Waals surface area contributed by atoms with Gasteiger partial charge in [-0.3, -0.25) is 4.79 Å². The van der Waals surface area contributed by atoms with Crippen LogP contribution in [0.1, 0.15) is 22.3 Å². The van der Waals surface area contributed by atoms with Crippen LogP contribution in [0.5, 0.6) is 5.75 Å². The molecule has 0 spiro atoms. The summed E-state index contributed by atoms with van der Waals surface area (Å²) in [5, 5.41) is 3.49. The van der Waals surface area contributed by atoms with E-state index in [0.717, 1.165) is 28.1 Å². The molecule has 4 heteroatoms. The van der Waals surface area contributed by atoms with E-state index in [1.54, 1.807) is 12.1 Å². The highest BCUT2D eigenvalue weighted by Gasteiger charge is 2.09. The number of anilines is 1. The molecule has 0 saturated heterocycles. The molecule has 0 saturated carbocycles. The summed E-state index contributed by atoms with van der Waals surface area (Å²) in [7, 11) is 0. The number of carbonyl (C=O) groups excluding carboxylic acids is 1. The van der Waals surface area contributed by atoms with E-state index in [2.05, 4.69) is 5.32 Å². The van der Waals surface area contributed by atoms with Crippen LogP contribution in [0.2, 0.25) is 5.02 Å². The number of hydrogen-bond donors (Lipinski definition) is 1. The first kappa shape index (κ1) is 16.4. The maximum atomic E-state index is 12.0. The van der Waals surface area contributed by atoms with Gasteiger partial charge in [0.1, 0.15) is 5.75 Å². The van der Waals surface area contributed by atoms with E-state index in [1.807, 2.05) is 45.9 Å². The van der Waals surface area contributed by atoms with Crippen LogP contribution in [0.3, 0.4) is 0 Å². The number of amides is 1. The van der Waals surface area contributed by atoms with E-state index >= 15 is 0 Å². The summed E-state index contributed by atoms with van der Waals surface area (Å²) in [5.74, 6) is 0.582. The Kier molecular flexibility index (Phi) is 5.09. The van der Waals surface area contributed by atoms with Gasteiger partial charge >= 0.3 is 0 Å². The second kappa shape index (κ2) is 6.84. The van der Waals surface area contributed by atoms with Crippen LogP contribution in [0.25, 0.3) is 0 Å². The summed E-state index contributed by atoms with van der Waals surface area (Å²) in [5.41, 5.74) is 4.92. The summed E-state index contributed by atoms with van der Waals surface area (Å²) in [6.07, 6.45) is 0. The Morgan fingerprint density at radius 2 is 1.68 bits per heavy atom. The Morgan fingerprint density at radius 3 is 2.27 bits per heavy atom. The van der Waals surface area contributed by atoms with Gasteiger partial charge in [-0.2, -0.15) is 0 Å². The minimum absolute atomic E-state index is 0.0210.